The van der Waals surface area contributed by atoms with Crippen molar-refractivity contribution in [3.63, 3.8) is 0 Å². The van der Waals surface area contributed by atoms with Gasteiger partial charge >= 0.3 is 0 Å². The van der Waals surface area contributed by atoms with Crippen molar-refractivity contribution in [1.29, 1.82) is 0 Å². The van der Waals surface area contributed by atoms with Crippen molar-refractivity contribution in [2.24, 2.45) is 5.73 Å². The van der Waals surface area contributed by atoms with Crippen LogP contribution in [0.15, 0.2) is 0 Å². The number of hydrogen-bond acceptors (Lipinski definition) is 2. The minimum atomic E-state index is 0.349. The number of unbranched alkanes of at least 4 members (excludes halogenated alkanes) is 1. The van der Waals surface area contributed by atoms with Gasteiger partial charge in [0, 0.05) is 19.8 Å². The molecule has 0 aliphatic carbocycles. The van der Waals surface area contributed by atoms with Crippen molar-refractivity contribution < 1.29 is 4.74 Å². The topological polar surface area (TPSA) is 35.2 Å². The van der Waals surface area contributed by atoms with E-state index in [4.69, 9.17) is 10.5 Å². The van der Waals surface area contributed by atoms with E-state index in [1.807, 2.05) is 6.92 Å². The summed E-state index contributed by atoms with van der Waals surface area (Å²) in [6.45, 7) is 2.90. The normalized spacial score (nSPS) is 13.7. The van der Waals surface area contributed by atoms with Crippen LogP contribution in [0.25, 0.3) is 0 Å². The summed E-state index contributed by atoms with van der Waals surface area (Å²) >= 11 is 0. The Hall–Kier alpha value is -0.0800. The van der Waals surface area contributed by atoms with Crippen molar-refractivity contribution >= 4 is 0 Å². The van der Waals surface area contributed by atoms with Gasteiger partial charge in [0.2, 0.25) is 0 Å². The molecule has 0 radical (unpaired) electrons. The van der Waals surface area contributed by atoms with Gasteiger partial charge in [-0.15, -0.1) is 0 Å². The molecule has 1 atom stereocenters. The van der Waals surface area contributed by atoms with E-state index in [0.717, 1.165) is 19.4 Å². The molecule has 0 bridgehead atoms. The molecular formula is C7H17NO. The Balaban J connectivity index is 2.75. The molecule has 2 nitrogen and oxygen atoms in total. The number of ether oxygens (including phenoxy) is 1. The van der Waals surface area contributed by atoms with E-state index < -0.39 is 0 Å². The minimum absolute atomic E-state index is 0.349. The third-order valence-electron chi connectivity index (χ3n) is 1.26. The second-order valence-electron chi connectivity index (χ2n) is 2.47. The molecule has 0 saturated carbocycles. The summed E-state index contributed by atoms with van der Waals surface area (Å²) in [7, 11) is 1.73. The Bertz CT molecular complexity index is 54.9. The van der Waals surface area contributed by atoms with Gasteiger partial charge in [0.25, 0.3) is 0 Å². The molecule has 56 valence electrons. The predicted octanol–water partition coefficient (Wildman–Crippen LogP) is 1.15. The molecule has 0 aromatic carbocycles. The zero-order chi connectivity index (χ0) is 7.11. The van der Waals surface area contributed by atoms with E-state index in [1.165, 1.54) is 6.42 Å². The van der Waals surface area contributed by atoms with Crippen LogP contribution in [0, 0.1) is 0 Å². The standard InChI is InChI=1S/C7H17NO/c1-7(8)5-3-4-6-9-2/h7H,3-6,8H2,1-2H3/t7-/m0/s1. The van der Waals surface area contributed by atoms with Gasteiger partial charge in [-0.3, -0.25) is 0 Å². The fourth-order valence-electron chi connectivity index (χ4n) is 0.713. The monoisotopic (exact) mass is 131 g/mol. The van der Waals surface area contributed by atoms with Crippen LogP contribution >= 0.6 is 0 Å². The molecule has 0 unspecified atom stereocenters. The number of hydrogen-bond donors (Lipinski definition) is 1. The molecule has 2 heteroatoms. The maximum Gasteiger partial charge on any atom is 0.0462 e. The van der Waals surface area contributed by atoms with Crippen LogP contribution in [0.4, 0.5) is 0 Å². The fraction of sp³-hybridized carbons (Fsp3) is 1.00. The fourth-order valence-corrected chi connectivity index (χ4v) is 0.713. The van der Waals surface area contributed by atoms with Gasteiger partial charge < -0.3 is 10.5 Å². The largest absolute Gasteiger partial charge is 0.385 e. The molecule has 0 aromatic heterocycles. The van der Waals surface area contributed by atoms with Crippen LogP contribution in [0.1, 0.15) is 26.2 Å². The van der Waals surface area contributed by atoms with Gasteiger partial charge in [0.05, 0.1) is 0 Å². The van der Waals surface area contributed by atoms with Crippen molar-refractivity contribution in [2.45, 2.75) is 32.2 Å². The zero-order valence-electron chi connectivity index (χ0n) is 6.39. The molecule has 0 amide bonds. The molecule has 0 aromatic rings. The summed E-state index contributed by atoms with van der Waals surface area (Å²) in [5.41, 5.74) is 5.53. The van der Waals surface area contributed by atoms with Crippen LogP contribution < -0.4 is 5.73 Å². The highest BCUT2D eigenvalue weighted by atomic mass is 16.5. The molecule has 9 heavy (non-hydrogen) atoms. The lowest BCUT2D eigenvalue weighted by Gasteiger charge is -2.02. The van der Waals surface area contributed by atoms with Crippen molar-refractivity contribution in [3.05, 3.63) is 0 Å². The SMILES string of the molecule is COCCCC[C@H](C)N. The van der Waals surface area contributed by atoms with Gasteiger partial charge in [-0.05, 0) is 26.2 Å². The molecule has 0 spiro atoms. The quantitative estimate of drug-likeness (QED) is 0.568. The van der Waals surface area contributed by atoms with Gasteiger partial charge in [-0.25, -0.2) is 0 Å². The third-order valence-corrected chi connectivity index (χ3v) is 1.26. The van der Waals surface area contributed by atoms with Crippen LogP contribution in [0.3, 0.4) is 0 Å². The minimum Gasteiger partial charge on any atom is -0.385 e. The van der Waals surface area contributed by atoms with Crippen molar-refractivity contribution in [3.8, 4) is 0 Å². The van der Waals surface area contributed by atoms with Crippen LogP contribution in [-0.2, 0) is 4.74 Å². The second-order valence-corrected chi connectivity index (χ2v) is 2.47. The highest BCUT2D eigenvalue weighted by molar-refractivity contribution is 4.51. The smallest absolute Gasteiger partial charge is 0.0462 e. The van der Waals surface area contributed by atoms with E-state index >= 15 is 0 Å². The third kappa shape index (κ3) is 7.92. The van der Waals surface area contributed by atoms with Crippen LogP contribution in [-0.4, -0.2) is 19.8 Å². The first-order chi connectivity index (χ1) is 4.27. The van der Waals surface area contributed by atoms with Gasteiger partial charge in [-0.2, -0.15) is 0 Å². The van der Waals surface area contributed by atoms with Gasteiger partial charge in [0.15, 0.2) is 0 Å². The van der Waals surface area contributed by atoms with E-state index in [-0.39, 0.29) is 0 Å². The Morgan fingerprint density at radius 2 is 2.11 bits per heavy atom. The Labute approximate surface area is 57.4 Å². The second kappa shape index (κ2) is 6.05. The predicted molar refractivity (Wildman–Crippen MR) is 39.4 cm³/mol. The maximum atomic E-state index is 5.53. The molecular weight excluding hydrogens is 114 g/mol. The summed E-state index contributed by atoms with van der Waals surface area (Å²) < 4.78 is 4.88. The molecule has 0 aliphatic rings. The summed E-state index contributed by atoms with van der Waals surface area (Å²) in [5.74, 6) is 0. The lowest BCUT2D eigenvalue weighted by molar-refractivity contribution is 0.191. The zero-order valence-corrected chi connectivity index (χ0v) is 6.39. The van der Waals surface area contributed by atoms with E-state index in [0.29, 0.717) is 6.04 Å². The highest BCUT2D eigenvalue weighted by Gasteiger charge is 1.92. The average molecular weight is 131 g/mol. The van der Waals surface area contributed by atoms with E-state index in [1.54, 1.807) is 7.11 Å². The molecule has 0 saturated heterocycles. The Kier molecular flexibility index (Phi) is 5.99. The number of methoxy groups -OCH3 is 1. The maximum absolute atomic E-state index is 5.53. The molecule has 0 aliphatic heterocycles. The number of nitrogens with two attached hydrogens (primary N) is 1. The first kappa shape index (κ1) is 8.92. The molecule has 0 fully saturated rings. The summed E-state index contributed by atoms with van der Waals surface area (Å²) in [6, 6.07) is 0.349. The Morgan fingerprint density at radius 1 is 1.44 bits per heavy atom. The van der Waals surface area contributed by atoms with Crippen LogP contribution in [0.2, 0.25) is 0 Å². The summed E-state index contributed by atoms with van der Waals surface area (Å²) in [4.78, 5) is 0. The van der Waals surface area contributed by atoms with Gasteiger partial charge in [-0.1, -0.05) is 0 Å². The first-order valence-electron chi connectivity index (χ1n) is 3.52. The van der Waals surface area contributed by atoms with E-state index in [9.17, 15) is 0 Å². The lowest BCUT2D eigenvalue weighted by Crippen LogP contribution is -2.14. The average Bonchev–Trinajstić information content (AvgIpc) is 1.80. The molecule has 2 N–H and O–H groups in total. The summed E-state index contributed by atoms with van der Waals surface area (Å²) in [6.07, 6.45) is 3.44. The van der Waals surface area contributed by atoms with Gasteiger partial charge in [0.1, 0.15) is 0 Å². The number of rotatable bonds is 5. The van der Waals surface area contributed by atoms with Crippen molar-refractivity contribution in [1.82, 2.24) is 0 Å². The van der Waals surface area contributed by atoms with E-state index in [2.05, 4.69) is 0 Å². The first-order valence-corrected chi connectivity index (χ1v) is 3.52. The highest BCUT2D eigenvalue weighted by Crippen LogP contribution is 1.97. The molecule has 0 heterocycles. The Morgan fingerprint density at radius 3 is 2.56 bits per heavy atom. The summed E-state index contributed by atoms with van der Waals surface area (Å²) in [5, 5.41) is 0. The van der Waals surface area contributed by atoms with Crippen molar-refractivity contribution in [2.75, 3.05) is 13.7 Å². The molecule has 0 rings (SSSR count). The lowest BCUT2D eigenvalue weighted by atomic mass is 10.1. The van der Waals surface area contributed by atoms with Crippen LogP contribution in [0.5, 0.6) is 0 Å².